The fourth-order valence-electron chi connectivity index (χ4n) is 2.88. The van der Waals surface area contributed by atoms with Crippen molar-refractivity contribution in [3.63, 3.8) is 0 Å². The van der Waals surface area contributed by atoms with E-state index in [2.05, 4.69) is 5.48 Å². The summed E-state index contributed by atoms with van der Waals surface area (Å²) < 4.78 is 0. The maximum Gasteiger partial charge on any atom is 0.307 e. The van der Waals surface area contributed by atoms with Crippen LogP contribution in [0.3, 0.4) is 0 Å². The minimum absolute atomic E-state index is 0.272. The number of hydroxylamine groups is 1. The van der Waals surface area contributed by atoms with Crippen LogP contribution in [0.2, 0.25) is 0 Å². The van der Waals surface area contributed by atoms with Gasteiger partial charge in [0.15, 0.2) is 0 Å². The zero-order valence-corrected chi connectivity index (χ0v) is 12.1. The summed E-state index contributed by atoms with van der Waals surface area (Å²) in [5, 5.41) is 9.23. The van der Waals surface area contributed by atoms with Crippen LogP contribution in [0.4, 0.5) is 0 Å². The molecule has 0 saturated heterocycles. The lowest BCUT2D eigenvalue weighted by Crippen LogP contribution is -2.35. The van der Waals surface area contributed by atoms with Gasteiger partial charge >= 0.3 is 5.97 Å². The van der Waals surface area contributed by atoms with Crippen molar-refractivity contribution in [2.45, 2.75) is 32.8 Å². The maximum atomic E-state index is 12.1. The van der Waals surface area contributed by atoms with E-state index in [0.717, 1.165) is 12.0 Å². The van der Waals surface area contributed by atoms with Gasteiger partial charge in [-0.15, -0.1) is 0 Å². The fourth-order valence-corrected chi connectivity index (χ4v) is 2.88. The van der Waals surface area contributed by atoms with Crippen molar-refractivity contribution in [2.24, 2.45) is 17.8 Å². The van der Waals surface area contributed by atoms with Gasteiger partial charge in [-0.1, -0.05) is 43.7 Å². The van der Waals surface area contributed by atoms with Crippen molar-refractivity contribution in [3.8, 4) is 0 Å². The molecule has 1 aromatic rings. The van der Waals surface area contributed by atoms with E-state index in [-0.39, 0.29) is 12.5 Å². The van der Waals surface area contributed by atoms with Crippen LogP contribution in [-0.4, -0.2) is 17.0 Å². The van der Waals surface area contributed by atoms with Gasteiger partial charge < -0.3 is 5.11 Å². The molecule has 5 heteroatoms. The van der Waals surface area contributed by atoms with Gasteiger partial charge in [-0.25, -0.2) is 5.48 Å². The van der Waals surface area contributed by atoms with Crippen molar-refractivity contribution in [1.82, 2.24) is 5.48 Å². The summed E-state index contributed by atoms with van der Waals surface area (Å²) in [6, 6.07) is 9.49. The van der Waals surface area contributed by atoms with Gasteiger partial charge in [0, 0.05) is 0 Å². The molecule has 0 bridgehead atoms. The molecule has 21 heavy (non-hydrogen) atoms. The van der Waals surface area contributed by atoms with E-state index < -0.39 is 17.8 Å². The SMILES string of the molecule is CCC1CC(C(=O)O)C(C(=O)NOCc2ccccc2)C1. The van der Waals surface area contributed by atoms with E-state index >= 15 is 0 Å². The summed E-state index contributed by atoms with van der Waals surface area (Å²) in [6.07, 6.45) is 2.09. The van der Waals surface area contributed by atoms with Gasteiger partial charge in [0.25, 0.3) is 0 Å². The Morgan fingerprint density at radius 1 is 1.24 bits per heavy atom. The second kappa shape index (κ2) is 7.22. The lowest BCUT2D eigenvalue weighted by molar-refractivity contribution is -0.150. The lowest BCUT2D eigenvalue weighted by Gasteiger charge is -2.15. The molecule has 3 atom stereocenters. The number of carboxylic acid groups (broad SMARTS) is 1. The number of rotatable bonds is 6. The summed E-state index contributed by atoms with van der Waals surface area (Å²) in [6.45, 7) is 2.30. The number of benzene rings is 1. The molecule has 1 amide bonds. The fraction of sp³-hybridized carbons (Fsp3) is 0.500. The molecule has 0 aromatic heterocycles. The second-order valence-corrected chi connectivity index (χ2v) is 5.54. The quantitative estimate of drug-likeness (QED) is 0.789. The van der Waals surface area contributed by atoms with Crippen molar-refractivity contribution in [1.29, 1.82) is 0 Å². The second-order valence-electron chi connectivity index (χ2n) is 5.54. The van der Waals surface area contributed by atoms with Gasteiger partial charge in [0.05, 0.1) is 18.4 Å². The normalized spacial score (nSPS) is 24.7. The maximum absolute atomic E-state index is 12.1. The van der Waals surface area contributed by atoms with E-state index in [9.17, 15) is 14.7 Å². The third-order valence-electron chi connectivity index (χ3n) is 4.15. The molecule has 5 nitrogen and oxygen atoms in total. The average molecular weight is 291 g/mol. The molecule has 114 valence electrons. The highest BCUT2D eigenvalue weighted by atomic mass is 16.6. The largest absolute Gasteiger partial charge is 0.481 e. The number of carbonyl (C=O) groups excluding carboxylic acids is 1. The average Bonchev–Trinajstić information content (AvgIpc) is 2.93. The standard InChI is InChI=1S/C16H21NO4/c1-2-11-8-13(14(9-11)16(19)20)15(18)17-21-10-12-6-4-3-5-7-12/h3-7,11,13-14H,2,8-10H2,1H3,(H,17,18)(H,19,20). The third kappa shape index (κ3) is 4.04. The molecular formula is C16H21NO4. The van der Waals surface area contributed by atoms with Crippen LogP contribution in [0.25, 0.3) is 0 Å². The molecule has 1 fully saturated rings. The summed E-state index contributed by atoms with van der Waals surface area (Å²) >= 11 is 0. The van der Waals surface area contributed by atoms with Gasteiger partial charge in [0.1, 0.15) is 0 Å². The molecule has 2 rings (SSSR count). The van der Waals surface area contributed by atoms with Crippen LogP contribution in [0.5, 0.6) is 0 Å². The minimum Gasteiger partial charge on any atom is -0.481 e. The molecule has 0 aliphatic heterocycles. The number of carbonyl (C=O) groups is 2. The Hall–Kier alpha value is -1.88. The molecular weight excluding hydrogens is 270 g/mol. The Labute approximate surface area is 124 Å². The summed E-state index contributed by atoms with van der Waals surface area (Å²) in [7, 11) is 0. The van der Waals surface area contributed by atoms with Crippen LogP contribution < -0.4 is 5.48 Å². The predicted octanol–water partition coefficient (Wildman–Crippen LogP) is 2.37. The van der Waals surface area contributed by atoms with E-state index in [1.165, 1.54) is 0 Å². The highest BCUT2D eigenvalue weighted by molar-refractivity contribution is 5.84. The first kappa shape index (κ1) is 15.5. The molecule has 1 aliphatic carbocycles. The summed E-state index contributed by atoms with van der Waals surface area (Å²) in [4.78, 5) is 28.6. The van der Waals surface area contributed by atoms with Crippen molar-refractivity contribution < 1.29 is 19.5 Å². The van der Waals surface area contributed by atoms with E-state index in [4.69, 9.17) is 4.84 Å². The Balaban J connectivity index is 1.85. The van der Waals surface area contributed by atoms with Gasteiger partial charge in [-0.3, -0.25) is 14.4 Å². The number of hydrogen-bond acceptors (Lipinski definition) is 3. The Kier molecular flexibility index (Phi) is 5.33. The number of nitrogens with one attached hydrogen (secondary N) is 1. The van der Waals surface area contributed by atoms with Gasteiger partial charge in [0.2, 0.25) is 5.91 Å². The van der Waals surface area contributed by atoms with Crippen LogP contribution in [0.1, 0.15) is 31.7 Å². The van der Waals surface area contributed by atoms with Crippen LogP contribution in [0.15, 0.2) is 30.3 Å². The first-order chi connectivity index (χ1) is 10.1. The molecule has 3 unspecified atom stereocenters. The van der Waals surface area contributed by atoms with Gasteiger partial charge in [-0.05, 0) is 24.3 Å². The summed E-state index contributed by atoms with van der Waals surface area (Å²) in [5.41, 5.74) is 3.35. The monoisotopic (exact) mass is 291 g/mol. The smallest absolute Gasteiger partial charge is 0.307 e. The van der Waals surface area contributed by atoms with Crippen molar-refractivity contribution >= 4 is 11.9 Å². The molecule has 0 heterocycles. The predicted molar refractivity (Wildman–Crippen MR) is 77.0 cm³/mol. The molecule has 0 radical (unpaired) electrons. The van der Waals surface area contributed by atoms with Crippen LogP contribution in [-0.2, 0) is 21.0 Å². The first-order valence-electron chi connectivity index (χ1n) is 7.30. The number of amides is 1. The highest BCUT2D eigenvalue weighted by Gasteiger charge is 2.42. The summed E-state index contributed by atoms with van der Waals surface area (Å²) in [5.74, 6) is -2.02. The van der Waals surface area contributed by atoms with E-state index in [1.807, 2.05) is 37.3 Å². The van der Waals surface area contributed by atoms with Crippen LogP contribution >= 0.6 is 0 Å². The minimum atomic E-state index is -0.894. The topological polar surface area (TPSA) is 75.6 Å². The molecule has 1 saturated carbocycles. The van der Waals surface area contributed by atoms with E-state index in [1.54, 1.807) is 0 Å². The third-order valence-corrected chi connectivity index (χ3v) is 4.15. The lowest BCUT2D eigenvalue weighted by atomic mass is 9.96. The Bertz CT molecular complexity index is 488. The molecule has 0 spiro atoms. The van der Waals surface area contributed by atoms with Crippen LogP contribution in [0, 0.1) is 17.8 Å². The number of aliphatic carboxylic acids is 1. The van der Waals surface area contributed by atoms with Gasteiger partial charge in [-0.2, -0.15) is 0 Å². The first-order valence-corrected chi connectivity index (χ1v) is 7.30. The molecule has 1 aliphatic rings. The number of hydrogen-bond donors (Lipinski definition) is 2. The Morgan fingerprint density at radius 2 is 1.90 bits per heavy atom. The number of carboxylic acids is 1. The van der Waals surface area contributed by atoms with Crippen molar-refractivity contribution in [2.75, 3.05) is 0 Å². The van der Waals surface area contributed by atoms with E-state index in [0.29, 0.717) is 18.8 Å². The highest BCUT2D eigenvalue weighted by Crippen LogP contribution is 2.38. The zero-order valence-electron chi connectivity index (χ0n) is 12.1. The molecule has 2 N–H and O–H groups in total. The zero-order chi connectivity index (χ0) is 15.2. The van der Waals surface area contributed by atoms with Crippen molar-refractivity contribution in [3.05, 3.63) is 35.9 Å². The Morgan fingerprint density at radius 3 is 2.52 bits per heavy atom. The molecule has 1 aromatic carbocycles.